The van der Waals surface area contributed by atoms with Crippen LogP contribution in [-0.4, -0.2) is 74.8 Å². The molecule has 16 heteroatoms. The molecule has 0 radical (unpaired) electrons. The number of nitrogens with zero attached hydrogens (tertiary/aromatic N) is 5. The molecule has 3 N–H and O–H groups in total. The minimum atomic E-state index is -2.75. The lowest BCUT2D eigenvalue weighted by atomic mass is 9.98. The fourth-order valence-electron chi connectivity index (χ4n) is 4.88. The number of rotatable bonds is 10. The summed E-state index contributed by atoms with van der Waals surface area (Å²) in [5.41, 5.74) is 3.97. The summed E-state index contributed by atoms with van der Waals surface area (Å²) < 4.78 is 49.3. The molecule has 0 bridgehead atoms. The second-order valence-corrected chi connectivity index (χ2v) is 13.2. The van der Waals surface area contributed by atoms with Gasteiger partial charge in [0.05, 0.1) is 20.0 Å². The molecule has 1 saturated heterocycles. The molecule has 2 aromatic heterocycles. The highest BCUT2D eigenvalue weighted by Gasteiger charge is 2.55. The number of halogens is 1. The Morgan fingerprint density at radius 2 is 2.02 bits per heavy atom. The summed E-state index contributed by atoms with van der Waals surface area (Å²) in [5, 5.41) is 12.5. The minimum Gasteiger partial charge on any atom is -0.575 e. The summed E-state index contributed by atoms with van der Waals surface area (Å²) in [6, 6.07) is 9.42. The van der Waals surface area contributed by atoms with Gasteiger partial charge in [-0.1, -0.05) is 55.8 Å². The average Bonchev–Trinajstić information content (AvgIpc) is 3.51. The number of carbonyl (C=O) groups is 1. The SMILES string of the molecule is COc1nc(N)nc2c1ncn2[C@@H]1O[C@H](COc2ccc3ccccc3c2O[P+]([O-])=N[C@@H](C)C(=O)OCC(C)(C)C)[C@@H](F)[C@@]1(C)O. The molecule has 1 unspecified atom stereocenters. The largest absolute Gasteiger partial charge is 0.575 e. The first-order valence-corrected chi connectivity index (χ1v) is 15.6. The van der Waals surface area contributed by atoms with Crippen molar-refractivity contribution in [1.29, 1.82) is 0 Å². The number of benzene rings is 2. The molecule has 3 heterocycles. The minimum absolute atomic E-state index is 0.0785. The zero-order valence-electron chi connectivity index (χ0n) is 26.2. The van der Waals surface area contributed by atoms with E-state index in [4.69, 9.17) is 29.2 Å². The highest BCUT2D eigenvalue weighted by Crippen LogP contribution is 2.44. The van der Waals surface area contributed by atoms with Gasteiger partial charge in [0.2, 0.25) is 17.6 Å². The van der Waals surface area contributed by atoms with Crippen molar-refractivity contribution in [3.63, 3.8) is 0 Å². The van der Waals surface area contributed by atoms with Crippen LogP contribution in [-0.2, 0) is 14.3 Å². The lowest BCUT2D eigenvalue weighted by molar-refractivity contribution is -0.169. The summed E-state index contributed by atoms with van der Waals surface area (Å²) in [5.74, 6) is -0.429. The number of alkyl halides is 1. The molecule has 0 aliphatic carbocycles. The van der Waals surface area contributed by atoms with Gasteiger partial charge in [-0.25, -0.2) is 14.2 Å². The average molecular weight is 659 g/mol. The van der Waals surface area contributed by atoms with Crippen LogP contribution >= 0.6 is 8.17 Å². The molecule has 4 aromatic rings. The van der Waals surface area contributed by atoms with Crippen molar-refractivity contribution in [2.75, 3.05) is 26.1 Å². The number of fused-ring (bicyclic) bond motifs is 2. The van der Waals surface area contributed by atoms with Crippen LogP contribution in [0.2, 0.25) is 0 Å². The maximum absolute atomic E-state index is 15.7. The van der Waals surface area contributed by atoms with Crippen LogP contribution in [0.1, 0.15) is 40.8 Å². The van der Waals surface area contributed by atoms with Crippen LogP contribution in [0.15, 0.2) is 47.5 Å². The lowest BCUT2D eigenvalue weighted by Crippen LogP contribution is -2.42. The van der Waals surface area contributed by atoms with E-state index in [2.05, 4.69) is 19.7 Å². The number of nitrogen functional groups attached to an aromatic ring is 1. The highest BCUT2D eigenvalue weighted by atomic mass is 31.1. The Morgan fingerprint density at radius 1 is 1.28 bits per heavy atom. The van der Waals surface area contributed by atoms with Gasteiger partial charge < -0.3 is 34.7 Å². The zero-order chi connectivity index (χ0) is 33.4. The summed E-state index contributed by atoms with van der Waals surface area (Å²) in [7, 11) is -1.36. The van der Waals surface area contributed by atoms with Crippen LogP contribution in [0.3, 0.4) is 0 Å². The van der Waals surface area contributed by atoms with Gasteiger partial charge in [0, 0.05) is 5.39 Å². The number of nitrogens with two attached hydrogens (primary N) is 1. The van der Waals surface area contributed by atoms with E-state index in [1.165, 1.54) is 31.9 Å². The number of ether oxygens (including phenoxy) is 4. The second kappa shape index (κ2) is 12.9. The number of esters is 1. The summed E-state index contributed by atoms with van der Waals surface area (Å²) in [6.07, 6.45) is -3.10. The van der Waals surface area contributed by atoms with Crippen molar-refractivity contribution in [3.05, 3.63) is 42.7 Å². The zero-order valence-corrected chi connectivity index (χ0v) is 27.1. The molecule has 46 heavy (non-hydrogen) atoms. The fraction of sp³-hybridized carbons (Fsp3) is 0.467. The second-order valence-electron chi connectivity index (χ2n) is 12.3. The molecular weight excluding hydrogens is 622 g/mol. The number of imidazole rings is 1. The Hall–Kier alpha value is -4.17. The number of aromatic nitrogens is 4. The van der Waals surface area contributed by atoms with Crippen molar-refractivity contribution in [3.8, 4) is 17.4 Å². The molecule has 14 nitrogen and oxygen atoms in total. The van der Waals surface area contributed by atoms with Gasteiger partial charge >= 0.3 is 14.1 Å². The normalized spacial score (nSPS) is 22.6. The number of methoxy groups -OCH3 is 1. The first-order chi connectivity index (χ1) is 21.7. The van der Waals surface area contributed by atoms with E-state index in [1.54, 1.807) is 24.3 Å². The maximum atomic E-state index is 15.7. The van der Waals surface area contributed by atoms with Crippen LogP contribution in [0, 0.1) is 5.41 Å². The lowest BCUT2D eigenvalue weighted by Gasteiger charge is -2.26. The van der Waals surface area contributed by atoms with E-state index in [-0.39, 0.29) is 53.1 Å². The van der Waals surface area contributed by atoms with Crippen LogP contribution in [0.4, 0.5) is 10.3 Å². The Morgan fingerprint density at radius 3 is 2.74 bits per heavy atom. The van der Waals surface area contributed by atoms with Gasteiger partial charge in [0.15, 0.2) is 35.4 Å². The van der Waals surface area contributed by atoms with E-state index in [9.17, 15) is 14.8 Å². The van der Waals surface area contributed by atoms with Gasteiger partial charge in [0.25, 0.3) is 0 Å². The van der Waals surface area contributed by atoms with Gasteiger partial charge in [-0.3, -0.25) is 9.09 Å². The molecular formula is C30H36FN6O8P. The van der Waals surface area contributed by atoms with Crippen molar-refractivity contribution < 1.29 is 42.7 Å². The number of anilines is 1. The van der Waals surface area contributed by atoms with Gasteiger partial charge in [-0.2, -0.15) is 9.97 Å². The van der Waals surface area contributed by atoms with Gasteiger partial charge in [-0.15, -0.1) is 0 Å². The molecule has 0 saturated carbocycles. The van der Waals surface area contributed by atoms with Crippen molar-refractivity contribution in [2.45, 2.75) is 64.8 Å². The third-order valence-electron chi connectivity index (χ3n) is 7.21. The molecule has 6 atom stereocenters. The molecule has 246 valence electrons. The number of carbonyl (C=O) groups excluding carboxylic acids is 1. The van der Waals surface area contributed by atoms with Crippen LogP contribution < -0.4 is 24.6 Å². The van der Waals surface area contributed by atoms with Crippen LogP contribution in [0.5, 0.6) is 17.4 Å². The molecule has 1 aliphatic heterocycles. The van der Waals surface area contributed by atoms with Gasteiger partial charge in [0.1, 0.15) is 18.3 Å². The van der Waals surface area contributed by atoms with E-state index in [0.29, 0.717) is 5.39 Å². The summed E-state index contributed by atoms with van der Waals surface area (Å²) in [4.78, 5) is 37.8. The third-order valence-corrected chi connectivity index (χ3v) is 8.09. The van der Waals surface area contributed by atoms with Crippen LogP contribution in [0.25, 0.3) is 21.9 Å². The molecule has 2 aromatic carbocycles. The van der Waals surface area contributed by atoms with E-state index in [0.717, 1.165) is 5.39 Å². The predicted molar refractivity (Wildman–Crippen MR) is 165 cm³/mol. The third kappa shape index (κ3) is 6.82. The highest BCUT2D eigenvalue weighted by molar-refractivity contribution is 7.34. The molecule has 0 amide bonds. The monoisotopic (exact) mass is 658 g/mol. The first kappa shape index (κ1) is 33.2. The maximum Gasteiger partial charge on any atom is 0.395 e. The van der Waals surface area contributed by atoms with E-state index >= 15 is 4.39 Å². The quantitative estimate of drug-likeness (QED) is 0.185. The van der Waals surface area contributed by atoms with Crippen molar-refractivity contribution in [2.24, 2.45) is 10.2 Å². The molecule has 0 spiro atoms. The molecule has 1 aliphatic rings. The summed E-state index contributed by atoms with van der Waals surface area (Å²) in [6.45, 7) is 8.31. The molecule has 1 fully saturated rings. The number of hydrogen-bond acceptors (Lipinski definition) is 13. The van der Waals surface area contributed by atoms with Gasteiger partial charge in [-0.05, 0) is 30.7 Å². The fourth-order valence-corrected chi connectivity index (χ4v) is 5.65. The predicted octanol–water partition coefficient (Wildman–Crippen LogP) is 3.85. The topological polar surface area (TPSA) is 188 Å². The smallest absolute Gasteiger partial charge is 0.395 e. The van der Waals surface area contributed by atoms with Crippen molar-refractivity contribution >= 4 is 42.0 Å². The number of aliphatic hydroxyl groups is 1. The van der Waals surface area contributed by atoms with E-state index in [1.807, 2.05) is 32.9 Å². The Kier molecular flexibility index (Phi) is 9.32. The first-order valence-electron chi connectivity index (χ1n) is 14.4. The van der Waals surface area contributed by atoms with Crippen molar-refractivity contribution in [1.82, 2.24) is 19.5 Å². The standard InChI is InChI=1S/C30H36FN6O8P/c1-16(26(38)43-14-29(2,3)4)36-46(40)45-22-18-10-8-7-9-17(18)11-12-19(22)42-13-20-23(31)30(5,39)27(44-20)37-15-33-21-24(37)34-28(32)35-25(21)41-6/h7-12,15-16,20,23,27,39H,13-14H2,1-6H3,(H2,32,34,35)/t16-,20+,23+,27+,30+/m0/s1. The number of hydrogen-bond donors (Lipinski definition) is 2. The van der Waals surface area contributed by atoms with E-state index < -0.39 is 44.3 Å². The Labute approximate surface area is 265 Å². The Bertz CT molecular complexity index is 1780. The summed E-state index contributed by atoms with van der Waals surface area (Å²) >= 11 is 0. The Balaban J connectivity index is 1.37. The molecule has 5 rings (SSSR count).